The highest BCUT2D eigenvalue weighted by Gasteiger charge is 2.25. The molecular formula is C17H14ClNO. The Balaban J connectivity index is 1.70. The predicted molar refractivity (Wildman–Crippen MR) is 83.2 cm³/mol. The third-order valence-electron chi connectivity index (χ3n) is 3.50. The van der Waals surface area contributed by atoms with Gasteiger partial charge in [-0.3, -0.25) is 9.79 Å². The van der Waals surface area contributed by atoms with Crippen molar-refractivity contribution in [2.24, 2.45) is 4.99 Å². The average Bonchev–Trinajstić information content (AvgIpc) is 2.90. The Labute approximate surface area is 123 Å². The van der Waals surface area contributed by atoms with Gasteiger partial charge < -0.3 is 0 Å². The second-order valence-electron chi connectivity index (χ2n) is 4.92. The first-order chi connectivity index (χ1) is 9.72. The molecule has 1 atom stereocenters. The molecule has 20 heavy (non-hydrogen) atoms. The molecule has 1 aliphatic carbocycles. The Morgan fingerprint density at radius 3 is 2.85 bits per heavy atom. The third kappa shape index (κ3) is 2.81. The van der Waals surface area contributed by atoms with Crippen LogP contribution < -0.4 is 0 Å². The fraction of sp³-hybridized carbons (Fsp3) is 0.176. The summed E-state index contributed by atoms with van der Waals surface area (Å²) in [6.45, 7) is 0. The summed E-state index contributed by atoms with van der Waals surface area (Å²) in [5, 5.41) is 0.692. The highest BCUT2D eigenvalue weighted by Crippen LogP contribution is 2.27. The summed E-state index contributed by atoms with van der Waals surface area (Å²) < 4.78 is 0. The summed E-state index contributed by atoms with van der Waals surface area (Å²) in [7, 11) is 0. The van der Waals surface area contributed by atoms with E-state index in [4.69, 9.17) is 11.6 Å². The molecule has 0 saturated carbocycles. The summed E-state index contributed by atoms with van der Waals surface area (Å²) >= 11 is 5.83. The molecule has 100 valence electrons. The van der Waals surface area contributed by atoms with Gasteiger partial charge in [-0.2, -0.15) is 0 Å². The molecule has 3 rings (SSSR count). The van der Waals surface area contributed by atoms with Crippen LogP contribution in [0.2, 0.25) is 5.02 Å². The summed E-state index contributed by atoms with van der Waals surface area (Å²) in [4.78, 5) is 16.6. The summed E-state index contributed by atoms with van der Waals surface area (Å²) in [5.74, 6) is -0.00440. The molecule has 0 radical (unpaired) electrons. The summed E-state index contributed by atoms with van der Waals surface area (Å²) in [6.07, 6.45) is 11.2. The average molecular weight is 284 g/mol. The van der Waals surface area contributed by atoms with E-state index >= 15 is 0 Å². The molecular weight excluding hydrogens is 270 g/mol. The van der Waals surface area contributed by atoms with E-state index in [1.54, 1.807) is 12.2 Å². The van der Waals surface area contributed by atoms with Gasteiger partial charge in [-0.15, -0.1) is 0 Å². The topological polar surface area (TPSA) is 29.4 Å². The van der Waals surface area contributed by atoms with E-state index in [0.29, 0.717) is 17.2 Å². The van der Waals surface area contributed by atoms with Gasteiger partial charge in [0, 0.05) is 11.4 Å². The van der Waals surface area contributed by atoms with Crippen LogP contribution in [0.5, 0.6) is 0 Å². The number of carbonyl (C=O) groups is 1. The van der Waals surface area contributed by atoms with E-state index < -0.39 is 0 Å². The quantitative estimate of drug-likeness (QED) is 0.770. The van der Waals surface area contributed by atoms with Crippen LogP contribution in [0.15, 0.2) is 59.1 Å². The first-order valence-electron chi connectivity index (χ1n) is 6.62. The lowest BCUT2D eigenvalue weighted by atomic mass is 9.98. The fourth-order valence-corrected chi connectivity index (χ4v) is 2.52. The van der Waals surface area contributed by atoms with Crippen LogP contribution in [0.4, 0.5) is 0 Å². The first-order valence-corrected chi connectivity index (χ1v) is 7.00. The molecule has 0 fully saturated rings. The summed E-state index contributed by atoms with van der Waals surface area (Å²) in [6, 6.07) is 7.57. The van der Waals surface area contributed by atoms with Gasteiger partial charge in [0.05, 0.1) is 11.8 Å². The van der Waals surface area contributed by atoms with Crippen molar-refractivity contribution >= 4 is 29.2 Å². The number of fused-ring (bicyclic) bond motifs is 1. The maximum atomic E-state index is 12.1. The van der Waals surface area contributed by atoms with Gasteiger partial charge in [0.25, 0.3) is 0 Å². The number of ketones is 1. The zero-order valence-corrected chi connectivity index (χ0v) is 11.7. The van der Waals surface area contributed by atoms with Crippen molar-refractivity contribution < 1.29 is 4.79 Å². The molecule has 1 aliphatic heterocycles. The number of carbonyl (C=O) groups excluding carboxylic acids is 1. The second-order valence-corrected chi connectivity index (χ2v) is 5.36. The van der Waals surface area contributed by atoms with Crippen LogP contribution in [-0.2, 0) is 4.79 Å². The predicted octanol–water partition coefficient (Wildman–Crippen LogP) is 4.02. The van der Waals surface area contributed by atoms with Crippen molar-refractivity contribution in [3.8, 4) is 0 Å². The van der Waals surface area contributed by atoms with E-state index in [9.17, 15) is 4.79 Å². The lowest BCUT2D eigenvalue weighted by molar-refractivity contribution is -0.108. The van der Waals surface area contributed by atoms with Gasteiger partial charge in [0.2, 0.25) is 0 Å². The molecule has 0 amide bonds. The smallest absolute Gasteiger partial charge is 0.199 e. The van der Waals surface area contributed by atoms with Gasteiger partial charge in [0.1, 0.15) is 0 Å². The molecule has 2 nitrogen and oxygen atoms in total. The zero-order valence-electron chi connectivity index (χ0n) is 10.9. The molecule has 0 spiro atoms. The minimum atomic E-state index is -0.00440. The van der Waals surface area contributed by atoms with Crippen LogP contribution in [0.25, 0.3) is 6.08 Å². The molecule has 2 aliphatic rings. The molecule has 0 saturated heterocycles. The number of rotatable bonds is 3. The minimum absolute atomic E-state index is 0.00440. The Morgan fingerprint density at radius 1 is 1.30 bits per heavy atom. The molecule has 0 aromatic heterocycles. The van der Waals surface area contributed by atoms with Crippen LogP contribution in [0.3, 0.4) is 0 Å². The van der Waals surface area contributed by atoms with Crippen LogP contribution in [0.1, 0.15) is 18.4 Å². The Bertz CT molecular complexity index is 650. The van der Waals surface area contributed by atoms with Gasteiger partial charge in [-0.1, -0.05) is 48.0 Å². The highest BCUT2D eigenvalue weighted by atomic mass is 35.5. The largest absolute Gasteiger partial charge is 0.288 e. The lowest BCUT2D eigenvalue weighted by Crippen LogP contribution is -2.07. The van der Waals surface area contributed by atoms with E-state index in [1.165, 1.54) is 5.57 Å². The van der Waals surface area contributed by atoms with Crippen molar-refractivity contribution in [3.05, 3.63) is 64.7 Å². The number of aliphatic imine (C=N–C) groups is 1. The number of nitrogens with zero attached hydrogens (tertiary/aromatic N) is 1. The second kappa shape index (κ2) is 5.59. The number of benzene rings is 1. The maximum Gasteiger partial charge on any atom is 0.199 e. The normalized spacial score (nSPS) is 20.8. The van der Waals surface area contributed by atoms with Gasteiger partial charge in [-0.25, -0.2) is 0 Å². The molecule has 1 aromatic carbocycles. The Hall–Kier alpha value is -1.93. The highest BCUT2D eigenvalue weighted by molar-refractivity contribution is 6.45. The Morgan fingerprint density at radius 2 is 2.10 bits per heavy atom. The number of halogens is 1. The maximum absolute atomic E-state index is 12.1. The van der Waals surface area contributed by atoms with Gasteiger partial charge in [-0.05, 0) is 35.8 Å². The minimum Gasteiger partial charge on any atom is -0.288 e. The molecule has 0 N–H and O–H groups in total. The molecule has 3 heteroatoms. The van der Waals surface area contributed by atoms with E-state index in [-0.39, 0.29) is 11.8 Å². The van der Waals surface area contributed by atoms with E-state index in [1.807, 2.05) is 30.3 Å². The van der Waals surface area contributed by atoms with Crippen molar-refractivity contribution in [1.82, 2.24) is 0 Å². The first kappa shape index (κ1) is 13.1. The monoisotopic (exact) mass is 283 g/mol. The Kier molecular flexibility index (Phi) is 3.66. The van der Waals surface area contributed by atoms with Crippen LogP contribution >= 0.6 is 11.6 Å². The molecule has 1 unspecified atom stereocenters. The van der Waals surface area contributed by atoms with Crippen molar-refractivity contribution in [2.75, 3.05) is 0 Å². The number of hydrogen-bond donors (Lipinski definition) is 0. The van der Waals surface area contributed by atoms with E-state index in [0.717, 1.165) is 12.0 Å². The zero-order chi connectivity index (χ0) is 13.9. The third-order valence-corrected chi connectivity index (χ3v) is 3.75. The number of hydrogen-bond acceptors (Lipinski definition) is 2. The molecule has 1 aromatic rings. The standard InChI is InChI=1S/C17H14ClNO/c18-14-8-5-12(6-9-14)7-10-17(20)16-11-13-3-1-2-4-15(13)19-16/h1-3,5-10,15H,4,11H2/b10-7+. The van der Waals surface area contributed by atoms with Crippen LogP contribution in [0, 0.1) is 0 Å². The SMILES string of the molecule is O=C(/C=C/c1ccc(Cl)cc1)C1=NC2CC=CC=C2C1. The molecule has 0 bridgehead atoms. The van der Waals surface area contributed by atoms with Crippen LogP contribution in [-0.4, -0.2) is 17.5 Å². The lowest BCUT2D eigenvalue weighted by Gasteiger charge is -2.08. The van der Waals surface area contributed by atoms with Gasteiger partial charge in [0.15, 0.2) is 5.78 Å². The number of allylic oxidation sites excluding steroid dienone is 3. The van der Waals surface area contributed by atoms with Crippen molar-refractivity contribution in [3.63, 3.8) is 0 Å². The summed E-state index contributed by atoms with van der Waals surface area (Å²) in [5.41, 5.74) is 2.87. The molecule has 1 heterocycles. The van der Waals surface area contributed by atoms with E-state index in [2.05, 4.69) is 17.1 Å². The van der Waals surface area contributed by atoms with Gasteiger partial charge >= 0.3 is 0 Å². The fourth-order valence-electron chi connectivity index (χ4n) is 2.39. The van der Waals surface area contributed by atoms with Crippen molar-refractivity contribution in [2.45, 2.75) is 18.9 Å². The van der Waals surface area contributed by atoms with Crippen molar-refractivity contribution in [1.29, 1.82) is 0 Å².